The Kier molecular flexibility index (Phi) is 7.08. The summed E-state index contributed by atoms with van der Waals surface area (Å²) in [4.78, 5) is 36.9. The molecule has 0 saturated carbocycles. The summed E-state index contributed by atoms with van der Waals surface area (Å²) in [6.45, 7) is 1.87. The van der Waals surface area contributed by atoms with Crippen molar-refractivity contribution in [3.05, 3.63) is 85.5 Å². The number of hydrogen-bond acceptors (Lipinski definition) is 6. The highest BCUT2D eigenvalue weighted by atomic mass is 32.1. The van der Waals surface area contributed by atoms with Gasteiger partial charge in [-0.25, -0.2) is 9.37 Å². The zero-order chi connectivity index (χ0) is 27.0. The van der Waals surface area contributed by atoms with E-state index in [1.807, 2.05) is 5.38 Å². The fourth-order valence-electron chi connectivity index (χ4n) is 4.73. The van der Waals surface area contributed by atoms with Crippen molar-refractivity contribution in [2.45, 2.75) is 50.9 Å². The summed E-state index contributed by atoms with van der Waals surface area (Å²) in [5, 5.41) is 6.90. The van der Waals surface area contributed by atoms with Gasteiger partial charge < -0.3 is 14.3 Å². The van der Waals surface area contributed by atoms with Crippen LogP contribution in [0.4, 0.5) is 17.6 Å². The van der Waals surface area contributed by atoms with E-state index in [1.54, 1.807) is 23.1 Å². The average Bonchev–Trinajstić information content (AvgIpc) is 3.56. The van der Waals surface area contributed by atoms with E-state index in [-0.39, 0.29) is 17.4 Å². The van der Waals surface area contributed by atoms with Gasteiger partial charge in [0.1, 0.15) is 23.6 Å². The molecule has 0 bridgehead atoms. The Bertz CT molecular complexity index is 1440. The number of benzene rings is 1. The Morgan fingerprint density at radius 2 is 1.89 bits per heavy atom. The van der Waals surface area contributed by atoms with Crippen molar-refractivity contribution < 1.29 is 27.2 Å². The number of piperidine rings is 1. The van der Waals surface area contributed by atoms with Gasteiger partial charge >= 0.3 is 6.18 Å². The summed E-state index contributed by atoms with van der Waals surface area (Å²) >= 11 is 1.49. The third-order valence-corrected chi connectivity index (χ3v) is 7.93. The van der Waals surface area contributed by atoms with Crippen LogP contribution in [0.15, 0.2) is 51.7 Å². The molecule has 0 spiro atoms. The topological polar surface area (TPSA) is 76.8 Å². The predicted octanol–water partition coefficient (Wildman–Crippen LogP) is 5.04. The lowest BCUT2D eigenvalue weighted by atomic mass is 9.97. The van der Waals surface area contributed by atoms with Crippen molar-refractivity contribution in [2.24, 2.45) is 5.16 Å². The maximum atomic E-state index is 14.1. The Morgan fingerprint density at radius 3 is 2.61 bits per heavy atom. The number of thiazole rings is 1. The summed E-state index contributed by atoms with van der Waals surface area (Å²) in [7, 11) is 0. The smallest absolute Gasteiger partial charge is 0.387 e. The molecule has 2 aliphatic rings. The Morgan fingerprint density at radius 1 is 1.16 bits per heavy atom. The van der Waals surface area contributed by atoms with Crippen LogP contribution in [0.2, 0.25) is 0 Å². The molecule has 12 heteroatoms. The highest BCUT2D eigenvalue weighted by Gasteiger charge is 2.35. The van der Waals surface area contributed by atoms with Crippen LogP contribution in [0.1, 0.15) is 58.8 Å². The fourth-order valence-corrected chi connectivity index (χ4v) is 5.73. The van der Waals surface area contributed by atoms with E-state index in [1.165, 1.54) is 30.4 Å². The van der Waals surface area contributed by atoms with Gasteiger partial charge in [-0.2, -0.15) is 13.2 Å². The third kappa shape index (κ3) is 5.22. The van der Waals surface area contributed by atoms with Gasteiger partial charge in [-0.05, 0) is 38.0 Å². The van der Waals surface area contributed by atoms with Crippen LogP contribution in [-0.2, 0) is 22.4 Å². The first-order valence-electron chi connectivity index (χ1n) is 12.1. The number of pyridine rings is 1. The number of likely N-dealkylation sites (tertiary alicyclic amines) is 1. The molecule has 0 N–H and O–H groups in total. The third-order valence-electron chi connectivity index (χ3n) is 6.93. The van der Waals surface area contributed by atoms with Crippen LogP contribution in [0.3, 0.4) is 0 Å². The van der Waals surface area contributed by atoms with Crippen molar-refractivity contribution in [3.63, 3.8) is 0 Å². The van der Waals surface area contributed by atoms with Crippen LogP contribution in [0.5, 0.6) is 0 Å². The van der Waals surface area contributed by atoms with E-state index in [0.29, 0.717) is 49.3 Å². The Hall–Kier alpha value is -3.54. The molecule has 1 amide bonds. The number of nitrogens with zero attached hydrogens (tertiary/aromatic N) is 4. The maximum Gasteiger partial charge on any atom is 0.421 e. The first-order chi connectivity index (χ1) is 18.1. The molecule has 200 valence electrons. The molecule has 1 saturated heterocycles. The second-order valence-electron chi connectivity index (χ2n) is 9.36. The van der Waals surface area contributed by atoms with Gasteiger partial charge in [0.2, 0.25) is 5.91 Å². The molecule has 5 rings (SSSR count). The predicted molar refractivity (Wildman–Crippen MR) is 132 cm³/mol. The molecule has 1 atom stereocenters. The molecule has 0 aliphatic carbocycles. The molecular formula is C26H24F4N4O3S. The summed E-state index contributed by atoms with van der Waals surface area (Å²) in [5.41, 5.74) is -0.435. The lowest BCUT2D eigenvalue weighted by Gasteiger charge is -2.31. The molecule has 1 fully saturated rings. The molecule has 2 aliphatic heterocycles. The second-order valence-corrected chi connectivity index (χ2v) is 10.3. The van der Waals surface area contributed by atoms with E-state index in [4.69, 9.17) is 9.82 Å². The van der Waals surface area contributed by atoms with Gasteiger partial charge in [0, 0.05) is 42.1 Å². The van der Waals surface area contributed by atoms with Crippen LogP contribution >= 0.6 is 11.3 Å². The number of aromatic nitrogens is 2. The highest BCUT2D eigenvalue weighted by Crippen LogP contribution is 2.34. The second kappa shape index (κ2) is 10.3. The van der Waals surface area contributed by atoms with E-state index < -0.39 is 35.9 Å². The van der Waals surface area contributed by atoms with Gasteiger partial charge in [-0.3, -0.25) is 9.59 Å². The standard InChI is InChI=1S/C26H24F4N4O3S/c1-15-6-7-18(26(28,29)30)25(36)34(15)13-23(35)33-10-8-16(9-11-33)24-31-21(14-38-24)20-12-22(37-32-20)17-4-2-3-5-19(17)27/h2-7,14,16,22H,8-13H2,1H3. The number of halogens is 4. The van der Waals surface area contributed by atoms with Gasteiger partial charge in [0.15, 0.2) is 6.10 Å². The maximum absolute atomic E-state index is 14.1. The molecule has 3 aromatic rings. The van der Waals surface area contributed by atoms with Crippen LogP contribution in [0, 0.1) is 12.7 Å². The first-order valence-corrected chi connectivity index (χ1v) is 13.0. The number of carbonyl (C=O) groups excluding carboxylic acids is 1. The first kappa shape index (κ1) is 26.1. The Balaban J connectivity index is 1.19. The van der Waals surface area contributed by atoms with E-state index in [2.05, 4.69) is 5.16 Å². The zero-order valence-corrected chi connectivity index (χ0v) is 21.2. The highest BCUT2D eigenvalue weighted by molar-refractivity contribution is 7.10. The minimum absolute atomic E-state index is 0.112. The number of amides is 1. The van der Waals surface area contributed by atoms with E-state index >= 15 is 0 Å². The molecule has 2 aromatic heterocycles. The van der Waals surface area contributed by atoms with Gasteiger partial charge in [0.05, 0.1) is 10.7 Å². The van der Waals surface area contributed by atoms with E-state index in [0.717, 1.165) is 15.6 Å². The quantitative estimate of drug-likeness (QED) is 0.419. The fraction of sp³-hybridized carbons (Fsp3) is 0.385. The molecule has 38 heavy (non-hydrogen) atoms. The largest absolute Gasteiger partial charge is 0.421 e. The number of aryl methyl sites for hydroxylation is 1. The van der Waals surface area contributed by atoms with Gasteiger partial charge in [0.25, 0.3) is 5.56 Å². The summed E-state index contributed by atoms with van der Waals surface area (Å²) in [5.74, 6) is -0.632. The molecule has 0 radical (unpaired) electrons. The van der Waals surface area contributed by atoms with Crippen LogP contribution < -0.4 is 5.56 Å². The summed E-state index contributed by atoms with van der Waals surface area (Å²) in [6.07, 6.45) is -3.61. The Labute approximate surface area is 219 Å². The molecular weight excluding hydrogens is 524 g/mol. The minimum Gasteiger partial charge on any atom is -0.387 e. The molecule has 7 nitrogen and oxygen atoms in total. The van der Waals surface area contributed by atoms with E-state index in [9.17, 15) is 27.2 Å². The molecule has 4 heterocycles. The van der Waals surface area contributed by atoms with Crippen molar-refractivity contribution in [1.29, 1.82) is 0 Å². The number of carbonyl (C=O) groups is 1. The number of alkyl halides is 3. The lowest BCUT2D eigenvalue weighted by molar-refractivity contribution is -0.139. The van der Waals surface area contributed by atoms with Crippen LogP contribution in [0.25, 0.3) is 0 Å². The monoisotopic (exact) mass is 548 g/mol. The average molecular weight is 549 g/mol. The zero-order valence-electron chi connectivity index (χ0n) is 20.4. The SMILES string of the molecule is Cc1ccc(C(F)(F)F)c(=O)n1CC(=O)N1CCC(c2nc(C3=NOC(c4ccccc4F)C3)cs2)CC1. The number of oxime groups is 1. The van der Waals surface area contributed by atoms with Crippen molar-refractivity contribution in [2.75, 3.05) is 13.1 Å². The summed E-state index contributed by atoms with van der Waals surface area (Å²) in [6, 6.07) is 8.36. The number of hydrogen-bond donors (Lipinski definition) is 0. The molecule has 1 unspecified atom stereocenters. The van der Waals surface area contributed by atoms with Crippen molar-refractivity contribution >= 4 is 23.0 Å². The number of rotatable bonds is 5. The minimum atomic E-state index is -4.78. The van der Waals surface area contributed by atoms with Gasteiger partial charge in [-0.1, -0.05) is 23.4 Å². The normalized spacial score (nSPS) is 18.4. The lowest BCUT2D eigenvalue weighted by Crippen LogP contribution is -2.42. The molecule has 1 aromatic carbocycles. The van der Waals surface area contributed by atoms with Crippen molar-refractivity contribution in [3.8, 4) is 0 Å². The van der Waals surface area contributed by atoms with Crippen molar-refractivity contribution in [1.82, 2.24) is 14.5 Å². The summed E-state index contributed by atoms with van der Waals surface area (Å²) < 4.78 is 54.4. The van der Waals surface area contributed by atoms with Crippen LogP contribution in [-0.4, -0.2) is 39.2 Å². The van der Waals surface area contributed by atoms with Gasteiger partial charge in [-0.15, -0.1) is 11.3 Å².